The third kappa shape index (κ3) is 2.29. The molecule has 0 aliphatic carbocycles. The predicted molar refractivity (Wildman–Crippen MR) is 72.7 cm³/mol. The highest BCUT2D eigenvalue weighted by atomic mass is 79.9. The molecule has 2 atom stereocenters. The zero-order chi connectivity index (χ0) is 11.8. The van der Waals surface area contributed by atoms with Crippen LogP contribution in [0.25, 0.3) is 0 Å². The minimum absolute atomic E-state index is 0.446. The monoisotopic (exact) mass is 296 g/mol. The fraction of sp³-hybridized carbons (Fsp3) is 0.538. The first kappa shape index (κ1) is 11.4. The van der Waals surface area contributed by atoms with E-state index in [2.05, 4.69) is 39.3 Å². The maximum Gasteiger partial charge on any atom is 0.142 e. The van der Waals surface area contributed by atoms with Crippen molar-refractivity contribution >= 4 is 21.6 Å². The van der Waals surface area contributed by atoms with Gasteiger partial charge in [0.1, 0.15) is 12.4 Å². The average Bonchev–Trinajstić information content (AvgIpc) is 2.75. The second kappa shape index (κ2) is 4.50. The molecular weight excluding hydrogens is 280 g/mol. The number of halogens is 1. The molecule has 1 aromatic rings. The highest BCUT2D eigenvalue weighted by Crippen LogP contribution is 2.34. The van der Waals surface area contributed by atoms with Crippen LogP contribution in [0.3, 0.4) is 0 Å². The summed E-state index contributed by atoms with van der Waals surface area (Å²) in [4.78, 5) is 2.39. The van der Waals surface area contributed by atoms with Crippen LogP contribution in [0, 0.1) is 5.92 Å². The van der Waals surface area contributed by atoms with Crippen molar-refractivity contribution in [3.05, 3.63) is 22.7 Å². The molecule has 0 spiro atoms. The number of hydrogen-bond donors (Lipinski definition) is 1. The van der Waals surface area contributed by atoms with Crippen molar-refractivity contribution in [2.75, 3.05) is 32.1 Å². The van der Waals surface area contributed by atoms with Crippen LogP contribution < -0.4 is 10.1 Å². The van der Waals surface area contributed by atoms with Crippen molar-refractivity contribution in [1.82, 2.24) is 4.90 Å². The normalized spacial score (nSPS) is 28.4. The molecule has 0 amide bonds. The number of benzene rings is 1. The van der Waals surface area contributed by atoms with Gasteiger partial charge in [-0.05, 0) is 44.1 Å². The molecule has 2 aliphatic heterocycles. The molecule has 3 rings (SSSR count). The standard InChI is InChI=1S/C13H17BrN2O/c1-16-5-4-9(7-16)12-8-17-13-3-2-10(14)6-11(13)15-12/h2-3,6,9,12,15H,4-5,7-8H2,1H3. The molecule has 2 heterocycles. The molecular formula is C13H17BrN2O. The smallest absolute Gasteiger partial charge is 0.142 e. The number of anilines is 1. The fourth-order valence-electron chi connectivity index (χ4n) is 2.71. The van der Waals surface area contributed by atoms with Gasteiger partial charge in [-0.15, -0.1) is 0 Å². The zero-order valence-corrected chi connectivity index (χ0v) is 11.5. The Bertz CT molecular complexity index is 424. The van der Waals surface area contributed by atoms with Crippen LogP contribution >= 0.6 is 15.9 Å². The summed E-state index contributed by atoms with van der Waals surface area (Å²) in [6, 6.07) is 6.58. The molecule has 0 bridgehead atoms. The van der Waals surface area contributed by atoms with Crippen LogP contribution in [0.15, 0.2) is 22.7 Å². The highest BCUT2D eigenvalue weighted by Gasteiger charge is 2.31. The Morgan fingerprint density at radius 2 is 2.35 bits per heavy atom. The van der Waals surface area contributed by atoms with Gasteiger partial charge in [0.05, 0.1) is 11.7 Å². The topological polar surface area (TPSA) is 24.5 Å². The summed E-state index contributed by atoms with van der Waals surface area (Å²) in [5, 5.41) is 3.62. The van der Waals surface area contributed by atoms with E-state index >= 15 is 0 Å². The van der Waals surface area contributed by atoms with Crippen LogP contribution in [0.5, 0.6) is 5.75 Å². The van der Waals surface area contributed by atoms with E-state index in [9.17, 15) is 0 Å². The van der Waals surface area contributed by atoms with Crippen LogP contribution in [0.1, 0.15) is 6.42 Å². The Kier molecular flexibility index (Phi) is 3.01. The summed E-state index contributed by atoms with van der Waals surface area (Å²) in [5.41, 5.74) is 1.12. The Morgan fingerprint density at radius 3 is 3.12 bits per heavy atom. The number of fused-ring (bicyclic) bond motifs is 1. The van der Waals surface area contributed by atoms with Gasteiger partial charge in [0.15, 0.2) is 0 Å². The zero-order valence-electron chi connectivity index (χ0n) is 9.95. The van der Waals surface area contributed by atoms with E-state index in [1.54, 1.807) is 0 Å². The van der Waals surface area contributed by atoms with Gasteiger partial charge in [-0.2, -0.15) is 0 Å². The Morgan fingerprint density at radius 1 is 1.47 bits per heavy atom. The van der Waals surface area contributed by atoms with Gasteiger partial charge in [0.2, 0.25) is 0 Å². The molecule has 17 heavy (non-hydrogen) atoms. The van der Waals surface area contributed by atoms with E-state index in [-0.39, 0.29) is 0 Å². The lowest BCUT2D eigenvalue weighted by atomic mass is 9.98. The first-order valence-electron chi connectivity index (χ1n) is 6.10. The molecule has 2 aliphatic rings. The highest BCUT2D eigenvalue weighted by molar-refractivity contribution is 9.10. The lowest BCUT2D eigenvalue weighted by Gasteiger charge is -2.31. The predicted octanol–water partition coefficient (Wildman–Crippen LogP) is 2.57. The molecule has 3 nitrogen and oxygen atoms in total. The first-order chi connectivity index (χ1) is 8.22. The third-order valence-corrected chi connectivity index (χ3v) is 4.19. The number of nitrogens with one attached hydrogen (secondary N) is 1. The van der Waals surface area contributed by atoms with Gasteiger partial charge < -0.3 is 15.0 Å². The quantitative estimate of drug-likeness (QED) is 0.862. The van der Waals surface area contributed by atoms with Crippen molar-refractivity contribution in [3.63, 3.8) is 0 Å². The van der Waals surface area contributed by atoms with Crippen LogP contribution in [0.2, 0.25) is 0 Å². The number of nitrogens with zero attached hydrogens (tertiary/aromatic N) is 1. The largest absolute Gasteiger partial charge is 0.489 e. The molecule has 1 aromatic carbocycles. The molecule has 1 N–H and O–H groups in total. The first-order valence-corrected chi connectivity index (χ1v) is 6.89. The average molecular weight is 297 g/mol. The minimum Gasteiger partial charge on any atom is -0.489 e. The molecule has 92 valence electrons. The molecule has 4 heteroatoms. The second-order valence-corrected chi connectivity index (χ2v) is 5.93. The summed E-state index contributed by atoms with van der Waals surface area (Å²) >= 11 is 3.50. The number of ether oxygens (including phenoxy) is 1. The van der Waals surface area contributed by atoms with Gasteiger partial charge in [0, 0.05) is 11.0 Å². The van der Waals surface area contributed by atoms with Gasteiger partial charge in [0.25, 0.3) is 0 Å². The number of hydrogen-bond acceptors (Lipinski definition) is 3. The summed E-state index contributed by atoms with van der Waals surface area (Å²) in [5.74, 6) is 1.67. The lowest BCUT2D eigenvalue weighted by Crippen LogP contribution is -2.39. The summed E-state index contributed by atoms with van der Waals surface area (Å²) in [7, 11) is 2.19. The maximum absolute atomic E-state index is 5.84. The van der Waals surface area contributed by atoms with Gasteiger partial charge in [-0.3, -0.25) is 0 Å². The summed E-state index contributed by atoms with van der Waals surface area (Å²) in [6.07, 6.45) is 1.26. The molecule has 1 fully saturated rings. The molecule has 2 unspecified atom stereocenters. The van der Waals surface area contributed by atoms with E-state index in [1.807, 2.05) is 12.1 Å². The van der Waals surface area contributed by atoms with Crippen molar-refractivity contribution in [3.8, 4) is 5.75 Å². The van der Waals surface area contributed by atoms with Crippen molar-refractivity contribution in [2.45, 2.75) is 12.5 Å². The Labute approximate surface area is 110 Å². The van der Waals surface area contributed by atoms with E-state index in [0.717, 1.165) is 22.5 Å². The third-order valence-electron chi connectivity index (χ3n) is 3.70. The summed E-state index contributed by atoms with van der Waals surface area (Å²) in [6.45, 7) is 3.16. The molecule has 0 radical (unpaired) electrons. The van der Waals surface area contributed by atoms with Crippen molar-refractivity contribution in [2.24, 2.45) is 5.92 Å². The fourth-order valence-corrected chi connectivity index (χ4v) is 3.07. The molecule has 0 saturated carbocycles. The maximum atomic E-state index is 5.84. The lowest BCUT2D eigenvalue weighted by molar-refractivity contribution is 0.244. The van der Waals surface area contributed by atoms with E-state index in [0.29, 0.717) is 12.0 Å². The van der Waals surface area contributed by atoms with Crippen LogP contribution in [-0.2, 0) is 0 Å². The van der Waals surface area contributed by atoms with Gasteiger partial charge in [-0.25, -0.2) is 0 Å². The Hall–Kier alpha value is -0.740. The Balaban J connectivity index is 1.76. The van der Waals surface area contributed by atoms with Crippen molar-refractivity contribution < 1.29 is 4.74 Å². The van der Waals surface area contributed by atoms with Gasteiger partial charge >= 0.3 is 0 Å². The van der Waals surface area contributed by atoms with E-state index < -0.39 is 0 Å². The van der Waals surface area contributed by atoms with Crippen molar-refractivity contribution in [1.29, 1.82) is 0 Å². The van der Waals surface area contributed by atoms with Crippen LogP contribution in [-0.4, -0.2) is 37.7 Å². The summed E-state index contributed by atoms with van der Waals surface area (Å²) < 4.78 is 6.93. The van der Waals surface area contributed by atoms with E-state index in [4.69, 9.17) is 4.74 Å². The van der Waals surface area contributed by atoms with E-state index in [1.165, 1.54) is 19.5 Å². The second-order valence-electron chi connectivity index (χ2n) is 5.01. The number of rotatable bonds is 1. The molecule has 1 saturated heterocycles. The number of likely N-dealkylation sites (tertiary alicyclic amines) is 1. The SMILES string of the molecule is CN1CCC(C2COc3ccc(Br)cc3N2)C1. The van der Waals surface area contributed by atoms with Crippen LogP contribution in [0.4, 0.5) is 5.69 Å². The van der Waals surface area contributed by atoms with Gasteiger partial charge in [-0.1, -0.05) is 15.9 Å². The minimum atomic E-state index is 0.446. The molecule has 0 aromatic heterocycles.